The van der Waals surface area contributed by atoms with Crippen molar-refractivity contribution in [2.75, 3.05) is 25.6 Å². The summed E-state index contributed by atoms with van der Waals surface area (Å²) in [5.74, 6) is 0.833. The van der Waals surface area contributed by atoms with Crippen molar-refractivity contribution in [3.05, 3.63) is 24.3 Å². The summed E-state index contributed by atoms with van der Waals surface area (Å²) in [6.07, 6.45) is 5.61. The lowest BCUT2D eigenvalue weighted by Gasteiger charge is -2.31. The first-order valence-electron chi connectivity index (χ1n) is 8.22. The number of nitrogens with zero attached hydrogens (tertiary/aromatic N) is 1. The molecule has 3 N–H and O–H groups in total. The topological polar surface area (TPSA) is 78.1 Å². The van der Waals surface area contributed by atoms with Crippen molar-refractivity contribution in [3.63, 3.8) is 0 Å². The second kappa shape index (κ2) is 8.87. The number of methoxy groups -OCH3 is 1. The lowest BCUT2D eigenvalue weighted by Crippen LogP contribution is -2.34. The SMILES string of the molecule is COc1ccc(NC(N)=NCC2COC3(CCCCC3)O2)cc1.I. The Hall–Kier alpha value is -1.06. The molecule has 24 heavy (non-hydrogen) atoms. The Morgan fingerprint density at radius 3 is 2.67 bits per heavy atom. The molecule has 7 heteroatoms. The Bertz CT molecular complexity index is 545. The number of guanidine groups is 1. The van der Waals surface area contributed by atoms with Crippen molar-refractivity contribution in [1.82, 2.24) is 0 Å². The van der Waals surface area contributed by atoms with Gasteiger partial charge in [-0.05, 0) is 37.1 Å². The van der Waals surface area contributed by atoms with Crippen LogP contribution in [0.25, 0.3) is 0 Å². The van der Waals surface area contributed by atoms with Crippen molar-refractivity contribution in [2.45, 2.75) is 44.0 Å². The van der Waals surface area contributed by atoms with Crippen LogP contribution in [0.5, 0.6) is 5.75 Å². The first-order chi connectivity index (χ1) is 11.2. The van der Waals surface area contributed by atoms with Crippen LogP contribution in [0, 0.1) is 0 Å². The highest BCUT2D eigenvalue weighted by molar-refractivity contribution is 14.0. The van der Waals surface area contributed by atoms with Gasteiger partial charge in [-0.2, -0.15) is 0 Å². The van der Waals surface area contributed by atoms with Gasteiger partial charge in [0.2, 0.25) is 0 Å². The molecule has 0 bridgehead atoms. The molecule has 1 heterocycles. The Morgan fingerprint density at radius 1 is 1.29 bits per heavy atom. The molecule has 1 aromatic rings. The summed E-state index contributed by atoms with van der Waals surface area (Å²) in [4.78, 5) is 4.37. The standard InChI is InChI=1S/C17H25N3O3.HI/c1-21-14-7-5-13(6-8-14)20-16(18)19-11-15-12-22-17(23-15)9-3-2-4-10-17;/h5-8,15H,2-4,9-12H2,1H3,(H3,18,19,20);1H. The maximum Gasteiger partial charge on any atom is 0.193 e. The Balaban J connectivity index is 0.00000208. The van der Waals surface area contributed by atoms with Crippen molar-refractivity contribution in [3.8, 4) is 5.75 Å². The van der Waals surface area contributed by atoms with Crippen LogP contribution in [0.2, 0.25) is 0 Å². The molecule has 1 spiro atoms. The predicted molar refractivity (Wildman–Crippen MR) is 105 cm³/mol. The number of aliphatic imine (C=N–C) groups is 1. The molecule has 1 saturated heterocycles. The zero-order chi connectivity index (χ0) is 16.1. The fourth-order valence-corrected chi connectivity index (χ4v) is 3.12. The maximum atomic E-state index is 6.09. The number of rotatable bonds is 4. The molecule has 0 amide bonds. The van der Waals surface area contributed by atoms with Gasteiger partial charge in [0.1, 0.15) is 11.9 Å². The second-order valence-corrected chi connectivity index (χ2v) is 6.10. The third-order valence-electron chi connectivity index (χ3n) is 4.36. The minimum atomic E-state index is -0.351. The van der Waals surface area contributed by atoms with Gasteiger partial charge in [-0.15, -0.1) is 24.0 Å². The van der Waals surface area contributed by atoms with Crippen molar-refractivity contribution in [1.29, 1.82) is 0 Å². The Morgan fingerprint density at radius 2 is 2.00 bits per heavy atom. The number of nitrogens with two attached hydrogens (primary N) is 1. The number of halogens is 1. The lowest BCUT2D eigenvalue weighted by molar-refractivity contribution is -0.186. The zero-order valence-corrected chi connectivity index (χ0v) is 16.3. The molecule has 1 aromatic carbocycles. The summed E-state index contributed by atoms with van der Waals surface area (Å²) in [5.41, 5.74) is 6.81. The predicted octanol–water partition coefficient (Wildman–Crippen LogP) is 3.12. The maximum absolute atomic E-state index is 6.09. The summed E-state index contributed by atoms with van der Waals surface area (Å²) < 4.78 is 17.1. The first-order valence-corrected chi connectivity index (χ1v) is 8.22. The number of benzene rings is 1. The minimum Gasteiger partial charge on any atom is -0.497 e. The van der Waals surface area contributed by atoms with Crippen LogP contribution in [-0.4, -0.2) is 38.1 Å². The highest BCUT2D eigenvalue weighted by atomic mass is 127. The molecule has 6 nitrogen and oxygen atoms in total. The van der Waals surface area contributed by atoms with Gasteiger partial charge in [0, 0.05) is 18.5 Å². The van der Waals surface area contributed by atoms with Crippen LogP contribution < -0.4 is 15.8 Å². The van der Waals surface area contributed by atoms with E-state index in [2.05, 4.69) is 10.3 Å². The highest BCUT2D eigenvalue weighted by Gasteiger charge is 2.41. The van der Waals surface area contributed by atoms with E-state index in [1.807, 2.05) is 24.3 Å². The highest BCUT2D eigenvalue weighted by Crippen LogP contribution is 2.37. The number of ether oxygens (including phenoxy) is 3. The van der Waals surface area contributed by atoms with Gasteiger partial charge in [0.15, 0.2) is 11.7 Å². The van der Waals surface area contributed by atoms with Crippen LogP contribution >= 0.6 is 24.0 Å². The molecule has 3 rings (SSSR count). The van der Waals surface area contributed by atoms with Gasteiger partial charge in [-0.25, -0.2) is 0 Å². The van der Waals surface area contributed by atoms with Crippen LogP contribution in [0.3, 0.4) is 0 Å². The van der Waals surface area contributed by atoms with Gasteiger partial charge >= 0.3 is 0 Å². The number of hydrogen-bond donors (Lipinski definition) is 2. The first kappa shape index (κ1) is 19.3. The fourth-order valence-electron chi connectivity index (χ4n) is 3.12. The third-order valence-corrected chi connectivity index (χ3v) is 4.36. The van der Waals surface area contributed by atoms with E-state index in [9.17, 15) is 0 Å². The molecule has 1 unspecified atom stereocenters. The quantitative estimate of drug-likeness (QED) is 0.422. The van der Waals surface area contributed by atoms with Crippen molar-refractivity contribution >= 4 is 35.6 Å². The molecule has 2 aliphatic rings. The molecular formula is C17H26IN3O3. The second-order valence-electron chi connectivity index (χ2n) is 6.10. The normalized spacial score (nSPS) is 22.9. The van der Waals surface area contributed by atoms with E-state index < -0.39 is 0 Å². The summed E-state index contributed by atoms with van der Waals surface area (Å²) in [6.45, 7) is 1.11. The Labute approximate surface area is 160 Å². The van der Waals surface area contributed by atoms with E-state index in [0.717, 1.165) is 24.3 Å². The zero-order valence-electron chi connectivity index (χ0n) is 14.0. The van der Waals surface area contributed by atoms with Gasteiger partial charge in [0.25, 0.3) is 0 Å². The molecule has 1 atom stereocenters. The molecule has 1 aliphatic heterocycles. The molecule has 1 saturated carbocycles. The number of nitrogens with one attached hydrogen (secondary N) is 1. The van der Waals surface area contributed by atoms with E-state index in [1.165, 1.54) is 19.3 Å². The fraction of sp³-hybridized carbons (Fsp3) is 0.588. The molecule has 0 aromatic heterocycles. The third kappa shape index (κ3) is 4.97. The summed E-state index contributed by atoms with van der Waals surface area (Å²) >= 11 is 0. The molecule has 1 aliphatic carbocycles. The minimum absolute atomic E-state index is 0. The number of hydrogen-bond acceptors (Lipinski definition) is 4. The van der Waals surface area contributed by atoms with Gasteiger partial charge in [-0.1, -0.05) is 6.42 Å². The molecule has 2 fully saturated rings. The van der Waals surface area contributed by atoms with E-state index in [4.69, 9.17) is 19.9 Å². The van der Waals surface area contributed by atoms with Gasteiger partial charge in [0.05, 0.1) is 20.3 Å². The van der Waals surface area contributed by atoms with Crippen LogP contribution in [0.4, 0.5) is 5.69 Å². The largest absolute Gasteiger partial charge is 0.497 e. The van der Waals surface area contributed by atoms with Crippen LogP contribution in [-0.2, 0) is 9.47 Å². The average Bonchev–Trinajstić information content (AvgIpc) is 2.97. The van der Waals surface area contributed by atoms with E-state index in [0.29, 0.717) is 19.1 Å². The number of anilines is 1. The summed E-state index contributed by atoms with van der Waals surface area (Å²) in [5, 5.41) is 3.06. The van der Waals surface area contributed by atoms with Crippen molar-refractivity contribution in [2.24, 2.45) is 10.7 Å². The molecule has 134 valence electrons. The van der Waals surface area contributed by atoms with Crippen molar-refractivity contribution < 1.29 is 14.2 Å². The van der Waals surface area contributed by atoms with Crippen LogP contribution in [0.15, 0.2) is 29.3 Å². The van der Waals surface area contributed by atoms with E-state index in [1.54, 1.807) is 7.11 Å². The smallest absolute Gasteiger partial charge is 0.193 e. The Kier molecular flexibility index (Phi) is 7.12. The molecule has 0 radical (unpaired) electrons. The van der Waals surface area contributed by atoms with E-state index in [-0.39, 0.29) is 35.9 Å². The van der Waals surface area contributed by atoms with Crippen LogP contribution in [0.1, 0.15) is 32.1 Å². The van der Waals surface area contributed by atoms with E-state index >= 15 is 0 Å². The summed E-state index contributed by atoms with van der Waals surface area (Å²) in [6, 6.07) is 7.54. The molecular weight excluding hydrogens is 421 g/mol. The summed E-state index contributed by atoms with van der Waals surface area (Å²) in [7, 11) is 1.64. The van der Waals surface area contributed by atoms with Gasteiger partial charge in [-0.3, -0.25) is 4.99 Å². The monoisotopic (exact) mass is 447 g/mol. The lowest BCUT2D eigenvalue weighted by atomic mass is 9.94. The van der Waals surface area contributed by atoms with Gasteiger partial charge < -0.3 is 25.3 Å². The average molecular weight is 447 g/mol.